The smallest absolute Gasteiger partial charge is 0.184 e. The van der Waals surface area contributed by atoms with Crippen molar-refractivity contribution in [3.8, 4) is 11.1 Å². The van der Waals surface area contributed by atoms with Crippen LogP contribution in [0, 0.1) is 5.13 Å². The van der Waals surface area contributed by atoms with Gasteiger partial charge in [0.25, 0.3) is 0 Å². The first-order valence-electron chi connectivity index (χ1n) is 3.66. The van der Waals surface area contributed by atoms with Gasteiger partial charge in [-0.25, -0.2) is 0 Å². The molecule has 0 saturated heterocycles. The maximum absolute atomic E-state index is 13.1. The van der Waals surface area contributed by atoms with Gasteiger partial charge in [-0.1, -0.05) is 30.3 Å². The Bertz CT molecular complexity index is 364. The van der Waals surface area contributed by atoms with Crippen molar-refractivity contribution in [2.45, 2.75) is 0 Å². The third-order valence-electron chi connectivity index (χ3n) is 1.70. The average molecular weight is 178 g/mol. The molecular weight excluding hydrogens is 171 g/mol. The number of hydrogen-bond donors (Lipinski definition) is 0. The molecule has 0 amide bonds. The Morgan fingerprint density at radius 1 is 1.00 bits per heavy atom. The molecule has 1 heterocycles. The van der Waals surface area contributed by atoms with Gasteiger partial charge >= 0.3 is 0 Å². The minimum absolute atomic E-state index is 0.110. The fraction of sp³-hybridized carbons (Fsp3) is 0. The Labute approximate surface area is 74.3 Å². The van der Waals surface area contributed by atoms with Crippen LogP contribution < -0.4 is 0 Å². The lowest BCUT2D eigenvalue weighted by Crippen LogP contribution is -1.74. The van der Waals surface area contributed by atoms with E-state index in [1.807, 2.05) is 30.3 Å². The second kappa shape index (κ2) is 3.07. The van der Waals surface area contributed by atoms with E-state index in [-0.39, 0.29) is 5.13 Å². The van der Waals surface area contributed by atoms with Crippen LogP contribution in [0.4, 0.5) is 4.39 Å². The largest absolute Gasteiger partial charge is 0.194 e. The minimum Gasteiger partial charge on any atom is -0.194 e. The molecule has 0 atom stereocenters. The molecular formula is C10H7FS. The molecule has 0 aliphatic heterocycles. The molecule has 0 nitrogen and oxygen atoms in total. The lowest BCUT2D eigenvalue weighted by molar-refractivity contribution is 0.660. The lowest BCUT2D eigenvalue weighted by Gasteiger charge is -1.95. The summed E-state index contributed by atoms with van der Waals surface area (Å²) in [6, 6.07) is 11.4. The maximum atomic E-state index is 13.1. The van der Waals surface area contributed by atoms with Crippen molar-refractivity contribution in [3.05, 3.63) is 46.9 Å². The minimum atomic E-state index is -0.110. The van der Waals surface area contributed by atoms with E-state index >= 15 is 0 Å². The first kappa shape index (κ1) is 7.50. The van der Waals surface area contributed by atoms with Crippen molar-refractivity contribution < 1.29 is 4.39 Å². The Kier molecular flexibility index (Phi) is 1.92. The van der Waals surface area contributed by atoms with E-state index in [2.05, 4.69) is 0 Å². The number of halogens is 1. The fourth-order valence-electron chi connectivity index (χ4n) is 1.12. The summed E-state index contributed by atoms with van der Waals surface area (Å²) in [4.78, 5) is 0. The van der Waals surface area contributed by atoms with Crippen molar-refractivity contribution in [3.63, 3.8) is 0 Å². The Balaban J connectivity index is 2.51. The molecule has 1 aromatic heterocycles. The lowest BCUT2D eigenvalue weighted by atomic mass is 10.1. The highest BCUT2D eigenvalue weighted by molar-refractivity contribution is 7.08. The van der Waals surface area contributed by atoms with Crippen LogP contribution in [-0.2, 0) is 0 Å². The normalized spacial score (nSPS) is 10.1. The van der Waals surface area contributed by atoms with Crippen molar-refractivity contribution in [1.82, 2.24) is 0 Å². The standard InChI is InChI=1S/C10H7FS/c11-10-9(6-7-12-10)8-4-2-1-3-5-8/h1-7H. The zero-order chi connectivity index (χ0) is 8.39. The topological polar surface area (TPSA) is 0 Å². The van der Waals surface area contributed by atoms with Gasteiger partial charge in [0, 0.05) is 5.56 Å². The zero-order valence-electron chi connectivity index (χ0n) is 6.33. The summed E-state index contributed by atoms with van der Waals surface area (Å²) in [6.07, 6.45) is 0. The monoisotopic (exact) mass is 178 g/mol. The van der Waals surface area contributed by atoms with Crippen molar-refractivity contribution in [2.24, 2.45) is 0 Å². The summed E-state index contributed by atoms with van der Waals surface area (Å²) < 4.78 is 13.1. The Morgan fingerprint density at radius 3 is 2.33 bits per heavy atom. The summed E-state index contributed by atoms with van der Waals surface area (Å²) in [6.45, 7) is 0. The molecule has 2 aromatic rings. The summed E-state index contributed by atoms with van der Waals surface area (Å²) in [5.41, 5.74) is 1.64. The second-order valence-corrected chi connectivity index (χ2v) is 3.34. The third kappa shape index (κ3) is 1.25. The molecule has 0 bridgehead atoms. The summed E-state index contributed by atoms with van der Waals surface area (Å²) in [5.74, 6) is 0. The van der Waals surface area contributed by atoms with Crippen LogP contribution in [0.25, 0.3) is 11.1 Å². The quantitative estimate of drug-likeness (QED) is 0.626. The molecule has 0 unspecified atom stereocenters. The second-order valence-electron chi connectivity index (χ2n) is 2.47. The highest BCUT2D eigenvalue weighted by Crippen LogP contribution is 2.25. The Hall–Kier alpha value is -1.15. The summed E-state index contributed by atoms with van der Waals surface area (Å²) in [7, 11) is 0. The molecule has 0 spiro atoms. The van der Waals surface area contributed by atoms with Crippen LogP contribution in [0.2, 0.25) is 0 Å². The number of hydrogen-bond acceptors (Lipinski definition) is 1. The molecule has 0 saturated carbocycles. The first-order chi connectivity index (χ1) is 5.88. The third-order valence-corrected chi connectivity index (χ3v) is 2.40. The SMILES string of the molecule is Fc1sccc1-c1ccccc1. The summed E-state index contributed by atoms with van der Waals surface area (Å²) >= 11 is 1.13. The van der Waals surface area contributed by atoms with E-state index in [0.717, 1.165) is 16.9 Å². The number of thiophene rings is 1. The van der Waals surface area contributed by atoms with Gasteiger partial charge < -0.3 is 0 Å². The highest BCUT2D eigenvalue weighted by Gasteiger charge is 2.03. The highest BCUT2D eigenvalue weighted by atomic mass is 32.1. The van der Waals surface area contributed by atoms with Crippen LogP contribution in [-0.4, -0.2) is 0 Å². The summed E-state index contributed by atoms with van der Waals surface area (Å²) in [5, 5.41) is 1.65. The van der Waals surface area contributed by atoms with Gasteiger partial charge in [0.05, 0.1) is 0 Å². The Morgan fingerprint density at radius 2 is 1.75 bits per heavy atom. The molecule has 2 heteroatoms. The van der Waals surface area contributed by atoms with E-state index in [4.69, 9.17) is 0 Å². The van der Waals surface area contributed by atoms with E-state index in [1.165, 1.54) is 0 Å². The van der Waals surface area contributed by atoms with Gasteiger partial charge in [0.15, 0.2) is 5.13 Å². The van der Waals surface area contributed by atoms with E-state index in [1.54, 1.807) is 11.4 Å². The average Bonchev–Trinajstić information content (AvgIpc) is 2.53. The number of rotatable bonds is 1. The van der Waals surface area contributed by atoms with Crippen molar-refractivity contribution >= 4 is 11.3 Å². The predicted molar refractivity (Wildman–Crippen MR) is 49.7 cm³/mol. The first-order valence-corrected chi connectivity index (χ1v) is 4.54. The van der Waals surface area contributed by atoms with Crippen LogP contribution in [0.1, 0.15) is 0 Å². The van der Waals surface area contributed by atoms with E-state index in [9.17, 15) is 4.39 Å². The van der Waals surface area contributed by atoms with E-state index < -0.39 is 0 Å². The fourth-order valence-corrected chi connectivity index (χ4v) is 1.75. The molecule has 1 aromatic carbocycles. The molecule has 0 aliphatic rings. The van der Waals surface area contributed by atoms with Gasteiger partial charge in [0.2, 0.25) is 0 Å². The van der Waals surface area contributed by atoms with Gasteiger partial charge in [0.1, 0.15) is 0 Å². The molecule has 0 radical (unpaired) electrons. The molecule has 0 N–H and O–H groups in total. The van der Waals surface area contributed by atoms with Crippen LogP contribution >= 0.6 is 11.3 Å². The van der Waals surface area contributed by atoms with Crippen molar-refractivity contribution in [1.29, 1.82) is 0 Å². The zero-order valence-corrected chi connectivity index (χ0v) is 7.14. The molecule has 12 heavy (non-hydrogen) atoms. The molecule has 60 valence electrons. The molecule has 0 fully saturated rings. The number of benzene rings is 1. The van der Waals surface area contributed by atoms with E-state index in [0.29, 0.717) is 5.56 Å². The van der Waals surface area contributed by atoms with Gasteiger partial charge in [-0.3, -0.25) is 0 Å². The van der Waals surface area contributed by atoms with Gasteiger partial charge in [-0.2, -0.15) is 4.39 Å². The van der Waals surface area contributed by atoms with Crippen LogP contribution in [0.3, 0.4) is 0 Å². The predicted octanol–water partition coefficient (Wildman–Crippen LogP) is 3.55. The maximum Gasteiger partial charge on any atom is 0.184 e. The van der Waals surface area contributed by atoms with Gasteiger partial charge in [-0.05, 0) is 17.0 Å². The molecule has 2 rings (SSSR count). The van der Waals surface area contributed by atoms with Gasteiger partial charge in [-0.15, -0.1) is 11.3 Å². The van der Waals surface area contributed by atoms with Crippen LogP contribution in [0.5, 0.6) is 0 Å². The molecule has 0 aliphatic carbocycles. The van der Waals surface area contributed by atoms with Crippen molar-refractivity contribution in [2.75, 3.05) is 0 Å². The van der Waals surface area contributed by atoms with Crippen LogP contribution in [0.15, 0.2) is 41.8 Å².